The van der Waals surface area contributed by atoms with Gasteiger partial charge in [-0.15, -0.1) is 0 Å². The number of carbonyl (C=O) groups excluding carboxylic acids is 1. The summed E-state index contributed by atoms with van der Waals surface area (Å²) in [7, 11) is 0. The molecule has 21 heavy (non-hydrogen) atoms. The van der Waals surface area contributed by atoms with E-state index >= 15 is 0 Å². The molecule has 2 rings (SSSR count). The van der Waals surface area contributed by atoms with Gasteiger partial charge in [-0.1, -0.05) is 0 Å². The number of anilines is 2. The number of aryl methyl sites for hydroxylation is 1. The summed E-state index contributed by atoms with van der Waals surface area (Å²) in [4.78, 5) is 26.6. The van der Waals surface area contributed by atoms with Crippen LogP contribution in [0.4, 0.5) is 16.2 Å². The molecule has 1 heterocycles. The van der Waals surface area contributed by atoms with Gasteiger partial charge in [-0.3, -0.25) is 4.98 Å². The molecule has 0 bridgehead atoms. The molecule has 0 saturated heterocycles. The third-order valence-electron chi connectivity index (χ3n) is 2.77. The van der Waals surface area contributed by atoms with Gasteiger partial charge >= 0.3 is 12.0 Å². The normalized spacial score (nSPS) is 9.95. The predicted octanol–water partition coefficient (Wildman–Crippen LogP) is 2.44. The number of nitrogens with zero attached hydrogens (tertiary/aromatic N) is 1. The monoisotopic (exact) mass is 287 g/mol. The van der Waals surface area contributed by atoms with Crippen LogP contribution in [0.25, 0.3) is 0 Å². The lowest BCUT2D eigenvalue weighted by Crippen LogP contribution is -2.20. The highest BCUT2D eigenvalue weighted by Crippen LogP contribution is 2.21. The van der Waals surface area contributed by atoms with E-state index in [9.17, 15) is 14.7 Å². The SMILES string of the molecule is Cc1ccncc1NC(=O)Nc1ccc(O)c(C(=O)O)c1. The fraction of sp³-hybridized carbons (Fsp3) is 0.0714. The Morgan fingerprint density at radius 1 is 1.19 bits per heavy atom. The number of phenols is 1. The Kier molecular flexibility index (Phi) is 4.03. The summed E-state index contributed by atoms with van der Waals surface area (Å²) in [6, 6.07) is 4.99. The standard InChI is InChI=1S/C14H13N3O4/c1-8-4-5-15-7-11(8)17-14(21)16-9-2-3-12(18)10(6-9)13(19)20/h2-7,18H,1H3,(H,19,20)(H2,16,17,21). The molecule has 0 aliphatic rings. The maximum Gasteiger partial charge on any atom is 0.339 e. The second-order valence-electron chi connectivity index (χ2n) is 4.31. The van der Waals surface area contributed by atoms with Crippen molar-refractivity contribution in [3.05, 3.63) is 47.8 Å². The molecule has 4 N–H and O–H groups in total. The highest BCUT2D eigenvalue weighted by atomic mass is 16.4. The highest BCUT2D eigenvalue weighted by molar-refractivity contribution is 6.01. The Balaban J connectivity index is 2.12. The van der Waals surface area contributed by atoms with Crippen molar-refractivity contribution in [2.75, 3.05) is 10.6 Å². The lowest BCUT2D eigenvalue weighted by atomic mass is 10.2. The third-order valence-corrected chi connectivity index (χ3v) is 2.77. The number of hydrogen-bond acceptors (Lipinski definition) is 4. The number of aromatic carboxylic acids is 1. The van der Waals surface area contributed by atoms with E-state index in [-0.39, 0.29) is 17.0 Å². The van der Waals surface area contributed by atoms with E-state index in [4.69, 9.17) is 5.11 Å². The van der Waals surface area contributed by atoms with E-state index in [0.29, 0.717) is 5.69 Å². The maximum absolute atomic E-state index is 11.8. The van der Waals surface area contributed by atoms with Crippen LogP contribution in [0, 0.1) is 6.92 Å². The lowest BCUT2D eigenvalue weighted by Gasteiger charge is -2.10. The molecule has 0 radical (unpaired) electrons. The molecule has 2 amide bonds. The Hall–Kier alpha value is -3.09. The smallest absolute Gasteiger partial charge is 0.339 e. The van der Waals surface area contributed by atoms with E-state index in [0.717, 1.165) is 5.56 Å². The van der Waals surface area contributed by atoms with Crippen LogP contribution in [0.5, 0.6) is 5.75 Å². The summed E-state index contributed by atoms with van der Waals surface area (Å²) < 4.78 is 0. The molecule has 7 heteroatoms. The molecule has 1 aromatic carbocycles. The molecular formula is C14H13N3O4. The Labute approximate surface area is 120 Å². The van der Waals surface area contributed by atoms with Gasteiger partial charge in [0.2, 0.25) is 0 Å². The first-order valence-corrected chi connectivity index (χ1v) is 6.02. The Morgan fingerprint density at radius 2 is 1.95 bits per heavy atom. The molecule has 0 aliphatic carbocycles. The first kappa shape index (κ1) is 14.3. The summed E-state index contributed by atoms with van der Waals surface area (Å²) in [5, 5.41) is 23.4. The zero-order valence-electron chi connectivity index (χ0n) is 11.1. The van der Waals surface area contributed by atoms with Gasteiger partial charge in [-0.2, -0.15) is 0 Å². The number of aromatic hydroxyl groups is 1. The Morgan fingerprint density at radius 3 is 2.62 bits per heavy atom. The van der Waals surface area contributed by atoms with Crippen LogP contribution >= 0.6 is 0 Å². The summed E-state index contributed by atoms with van der Waals surface area (Å²) in [5.74, 6) is -1.64. The van der Waals surface area contributed by atoms with Crippen LogP contribution in [0.1, 0.15) is 15.9 Å². The van der Waals surface area contributed by atoms with Gasteiger partial charge in [0.15, 0.2) is 0 Å². The minimum atomic E-state index is -1.28. The van der Waals surface area contributed by atoms with Crippen LogP contribution < -0.4 is 10.6 Å². The van der Waals surface area contributed by atoms with Crippen LogP contribution in [0.15, 0.2) is 36.7 Å². The average Bonchev–Trinajstić information content (AvgIpc) is 2.43. The predicted molar refractivity (Wildman–Crippen MR) is 76.7 cm³/mol. The fourth-order valence-corrected chi connectivity index (χ4v) is 1.66. The minimum Gasteiger partial charge on any atom is -0.507 e. The number of rotatable bonds is 3. The largest absolute Gasteiger partial charge is 0.507 e. The number of aromatic nitrogens is 1. The fourth-order valence-electron chi connectivity index (χ4n) is 1.66. The Bertz CT molecular complexity index is 700. The zero-order valence-corrected chi connectivity index (χ0v) is 11.1. The number of nitrogens with one attached hydrogen (secondary N) is 2. The maximum atomic E-state index is 11.8. The van der Waals surface area contributed by atoms with Crippen LogP contribution in [-0.4, -0.2) is 27.2 Å². The molecule has 0 aliphatic heterocycles. The van der Waals surface area contributed by atoms with Crippen molar-refractivity contribution in [1.82, 2.24) is 4.98 Å². The van der Waals surface area contributed by atoms with Crippen LogP contribution in [-0.2, 0) is 0 Å². The molecule has 2 aromatic rings. The number of carboxylic acids is 1. The molecule has 0 spiro atoms. The van der Waals surface area contributed by atoms with E-state index in [1.807, 2.05) is 6.92 Å². The summed E-state index contributed by atoms with van der Waals surface area (Å²) in [5.41, 5.74) is 1.36. The van der Waals surface area contributed by atoms with Crippen molar-refractivity contribution in [2.45, 2.75) is 6.92 Å². The topological polar surface area (TPSA) is 112 Å². The summed E-state index contributed by atoms with van der Waals surface area (Å²) in [6.45, 7) is 1.82. The molecule has 1 aromatic heterocycles. The number of pyridine rings is 1. The molecule has 0 atom stereocenters. The highest BCUT2D eigenvalue weighted by Gasteiger charge is 2.12. The summed E-state index contributed by atoms with van der Waals surface area (Å²) >= 11 is 0. The van der Waals surface area contributed by atoms with Gasteiger partial charge in [0.1, 0.15) is 11.3 Å². The van der Waals surface area contributed by atoms with Crippen LogP contribution in [0.2, 0.25) is 0 Å². The van der Waals surface area contributed by atoms with Gasteiger partial charge < -0.3 is 20.8 Å². The van der Waals surface area contributed by atoms with Gasteiger partial charge in [0.05, 0.1) is 11.9 Å². The zero-order chi connectivity index (χ0) is 15.4. The van der Waals surface area contributed by atoms with Crippen molar-refractivity contribution in [2.24, 2.45) is 0 Å². The van der Waals surface area contributed by atoms with Crippen molar-refractivity contribution in [3.8, 4) is 5.75 Å². The van der Waals surface area contributed by atoms with Gasteiger partial charge in [0, 0.05) is 11.9 Å². The third kappa shape index (κ3) is 3.47. The number of benzene rings is 1. The molecular weight excluding hydrogens is 274 g/mol. The number of carbonyl (C=O) groups is 2. The summed E-state index contributed by atoms with van der Waals surface area (Å²) in [6.07, 6.45) is 3.12. The molecule has 108 valence electrons. The second-order valence-corrected chi connectivity index (χ2v) is 4.31. The number of amides is 2. The second kappa shape index (κ2) is 5.91. The van der Waals surface area contributed by atoms with Crippen LogP contribution in [0.3, 0.4) is 0 Å². The number of carboxylic acid groups (broad SMARTS) is 1. The van der Waals surface area contributed by atoms with Gasteiger partial charge in [0.25, 0.3) is 0 Å². The van der Waals surface area contributed by atoms with E-state index in [2.05, 4.69) is 15.6 Å². The van der Waals surface area contributed by atoms with Crippen molar-refractivity contribution in [3.63, 3.8) is 0 Å². The first-order chi connectivity index (χ1) is 9.97. The first-order valence-electron chi connectivity index (χ1n) is 6.02. The van der Waals surface area contributed by atoms with Gasteiger partial charge in [-0.05, 0) is 36.8 Å². The minimum absolute atomic E-state index is 0.254. The quantitative estimate of drug-likeness (QED) is 0.648. The molecule has 0 saturated carbocycles. The number of hydrogen-bond donors (Lipinski definition) is 4. The van der Waals surface area contributed by atoms with Crippen molar-refractivity contribution in [1.29, 1.82) is 0 Å². The van der Waals surface area contributed by atoms with E-state index in [1.165, 1.54) is 24.4 Å². The van der Waals surface area contributed by atoms with Gasteiger partial charge in [-0.25, -0.2) is 9.59 Å². The van der Waals surface area contributed by atoms with Crippen molar-refractivity contribution >= 4 is 23.4 Å². The molecule has 0 fully saturated rings. The average molecular weight is 287 g/mol. The lowest BCUT2D eigenvalue weighted by molar-refractivity contribution is 0.0693. The number of urea groups is 1. The molecule has 7 nitrogen and oxygen atoms in total. The molecule has 0 unspecified atom stereocenters. The van der Waals surface area contributed by atoms with E-state index in [1.54, 1.807) is 12.3 Å². The van der Waals surface area contributed by atoms with E-state index < -0.39 is 12.0 Å². The van der Waals surface area contributed by atoms with Crippen molar-refractivity contribution < 1.29 is 19.8 Å².